The lowest BCUT2D eigenvalue weighted by Crippen LogP contribution is -2.32. The van der Waals surface area contributed by atoms with E-state index in [0.717, 1.165) is 50.5 Å². The van der Waals surface area contributed by atoms with Gasteiger partial charge in [0.1, 0.15) is 6.04 Å². The molecule has 32 heavy (non-hydrogen) atoms. The molecule has 0 saturated carbocycles. The largest absolute Gasteiger partial charge is 0.481 e. The van der Waals surface area contributed by atoms with Crippen molar-refractivity contribution in [3.8, 4) is 0 Å². The molecule has 0 aromatic heterocycles. The number of carboxylic acids is 2. The highest BCUT2D eigenvalue weighted by Crippen LogP contribution is 2.08. The highest BCUT2D eigenvalue weighted by Gasteiger charge is 2.10. The van der Waals surface area contributed by atoms with Crippen LogP contribution >= 0.6 is 0 Å². The second-order valence-corrected chi connectivity index (χ2v) is 7.63. The molecule has 1 rings (SSSR count). The van der Waals surface area contributed by atoms with Crippen LogP contribution in [-0.4, -0.2) is 28.2 Å². The predicted molar refractivity (Wildman–Crippen MR) is 133 cm³/mol. The van der Waals surface area contributed by atoms with Gasteiger partial charge in [-0.2, -0.15) is 0 Å². The van der Waals surface area contributed by atoms with E-state index in [2.05, 4.69) is 43.4 Å². The van der Waals surface area contributed by atoms with Crippen molar-refractivity contribution in [3.63, 3.8) is 0 Å². The summed E-state index contributed by atoms with van der Waals surface area (Å²) < 4.78 is 0. The van der Waals surface area contributed by atoms with Crippen LogP contribution < -0.4 is 5.73 Å². The second kappa shape index (κ2) is 21.6. The molecule has 0 amide bonds. The molecule has 178 valence electrons. The van der Waals surface area contributed by atoms with Gasteiger partial charge in [0.05, 0.1) is 0 Å². The fourth-order valence-corrected chi connectivity index (χ4v) is 2.85. The molecule has 1 atom stereocenters. The number of rotatable bonds is 16. The van der Waals surface area contributed by atoms with Crippen LogP contribution in [0.1, 0.15) is 76.7 Å². The maximum absolute atomic E-state index is 10.4. The van der Waals surface area contributed by atoms with Crippen molar-refractivity contribution in [3.05, 3.63) is 72.4 Å². The number of benzene rings is 1. The summed E-state index contributed by atoms with van der Waals surface area (Å²) >= 11 is 0. The topological polar surface area (TPSA) is 101 Å². The number of hydrogen-bond acceptors (Lipinski definition) is 3. The highest BCUT2D eigenvalue weighted by molar-refractivity contribution is 5.73. The standard InChI is InChI=1S/C18H30O2.C9H11NO2/c1-2-3-4-5-6-7-8-9-10-11-12-13-14-15-16-17-18(19)20;10-8(9(11)12)6-7-4-2-1-3-5-7/h3-4,6-7,9-10H,2,5,8,11-17H2,1H3,(H,19,20);1-5,8H,6,10H2,(H,11,12)/b4-3-,7-6-,10-9-;/t;8-/m.0/s1. The molecular weight excluding hydrogens is 402 g/mol. The Bertz CT molecular complexity index is 680. The lowest BCUT2D eigenvalue weighted by Gasteiger charge is -2.04. The summed E-state index contributed by atoms with van der Waals surface area (Å²) in [6.45, 7) is 2.15. The molecule has 4 N–H and O–H groups in total. The van der Waals surface area contributed by atoms with Crippen molar-refractivity contribution in [1.29, 1.82) is 0 Å². The van der Waals surface area contributed by atoms with E-state index in [1.807, 2.05) is 30.3 Å². The van der Waals surface area contributed by atoms with Gasteiger partial charge in [-0.15, -0.1) is 0 Å². The molecule has 0 heterocycles. The van der Waals surface area contributed by atoms with Gasteiger partial charge in [0.2, 0.25) is 0 Å². The van der Waals surface area contributed by atoms with Gasteiger partial charge >= 0.3 is 11.9 Å². The Labute approximate surface area is 193 Å². The van der Waals surface area contributed by atoms with Gasteiger partial charge in [-0.05, 0) is 50.5 Å². The van der Waals surface area contributed by atoms with Crippen LogP contribution in [0.5, 0.6) is 0 Å². The van der Waals surface area contributed by atoms with E-state index in [-0.39, 0.29) is 0 Å². The number of nitrogens with two attached hydrogens (primary N) is 1. The van der Waals surface area contributed by atoms with Gasteiger partial charge in [-0.25, -0.2) is 0 Å². The maximum atomic E-state index is 10.4. The molecule has 1 aromatic carbocycles. The first-order valence-corrected chi connectivity index (χ1v) is 11.7. The van der Waals surface area contributed by atoms with E-state index in [1.54, 1.807) is 0 Å². The highest BCUT2D eigenvalue weighted by atomic mass is 16.4. The SMILES string of the molecule is CC/C=C\C/C=C\C/C=C\CCCCCCCC(=O)O.N[C@@H](Cc1ccccc1)C(=O)O. The van der Waals surface area contributed by atoms with Crippen molar-refractivity contribution in [2.75, 3.05) is 0 Å². The first-order valence-electron chi connectivity index (χ1n) is 11.7. The van der Waals surface area contributed by atoms with Crippen LogP contribution in [0, 0.1) is 0 Å². The van der Waals surface area contributed by atoms with E-state index < -0.39 is 18.0 Å². The van der Waals surface area contributed by atoms with Gasteiger partial charge in [-0.1, -0.05) is 93.0 Å². The number of carbonyl (C=O) groups is 2. The second-order valence-electron chi connectivity index (χ2n) is 7.63. The summed E-state index contributed by atoms with van der Waals surface area (Å²) in [7, 11) is 0. The summed E-state index contributed by atoms with van der Waals surface area (Å²) in [5, 5.41) is 17.0. The van der Waals surface area contributed by atoms with Crippen LogP contribution in [0.4, 0.5) is 0 Å². The smallest absolute Gasteiger partial charge is 0.320 e. The first-order chi connectivity index (χ1) is 15.5. The minimum Gasteiger partial charge on any atom is -0.481 e. The summed E-state index contributed by atoms with van der Waals surface area (Å²) in [5.74, 6) is -1.63. The molecule has 0 fully saturated rings. The monoisotopic (exact) mass is 443 g/mol. The molecule has 0 aliphatic heterocycles. The minimum absolute atomic E-state index is 0.319. The normalized spacial score (nSPS) is 12.2. The zero-order valence-electron chi connectivity index (χ0n) is 19.5. The third-order valence-electron chi connectivity index (χ3n) is 4.66. The number of aliphatic carboxylic acids is 2. The van der Waals surface area contributed by atoms with Crippen molar-refractivity contribution >= 4 is 11.9 Å². The number of unbranched alkanes of at least 4 members (excludes halogenated alkanes) is 5. The van der Waals surface area contributed by atoms with E-state index in [4.69, 9.17) is 15.9 Å². The third kappa shape index (κ3) is 20.6. The summed E-state index contributed by atoms with van der Waals surface area (Å²) in [5.41, 5.74) is 6.30. The van der Waals surface area contributed by atoms with Gasteiger partial charge in [0.15, 0.2) is 0 Å². The van der Waals surface area contributed by atoms with Crippen LogP contribution in [-0.2, 0) is 16.0 Å². The number of allylic oxidation sites excluding steroid dienone is 6. The average Bonchev–Trinajstić information content (AvgIpc) is 2.77. The van der Waals surface area contributed by atoms with E-state index >= 15 is 0 Å². The molecule has 5 nitrogen and oxygen atoms in total. The Balaban J connectivity index is 0.000000677. The van der Waals surface area contributed by atoms with Crippen LogP contribution in [0.15, 0.2) is 66.8 Å². The molecule has 0 saturated heterocycles. The Kier molecular flexibility index (Phi) is 19.8. The third-order valence-corrected chi connectivity index (χ3v) is 4.66. The Morgan fingerprint density at radius 2 is 1.41 bits per heavy atom. The number of hydrogen-bond donors (Lipinski definition) is 3. The summed E-state index contributed by atoms with van der Waals surface area (Å²) in [4.78, 5) is 20.7. The molecule has 0 aliphatic carbocycles. The van der Waals surface area contributed by atoms with Gasteiger partial charge in [-0.3, -0.25) is 9.59 Å². The first kappa shape index (κ1) is 29.3. The van der Waals surface area contributed by atoms with E-state index in [1.165, 1.54) is 12.8 Å². The molecule has 0 radical (unpaired) electrons. The molecule has 0 spiro atoms. The zero-order valence-corrected chi connectivity index (χ0v) is 19.5. The summed E-state index contributed by atoms with van der Waals surface area (Å²) in [6.07, 6.45) is 23.8. The van der Waals surface area contributed by atoms with Gasteiger partial charge < -0.3 is 15.9 Å². The average molecular weight is 444 g/mol. The molecule has 5 heteroatoms. The van der Waals surface area contributed by atoms with E-state index in [0.29, 0.717) is 12.8 Å². The van der Waals surface area contributed by atoms with Crippen molar-refractivity contribution in [1.82, 2.24) is 0 Å². The minimum atomic E-state index is -0.959. The van der Waals surface area contributed by atoms with Crippen molar-refractivity contribution < 1.29 is 19.8 Å². The Hall–Kier alpha value is -2.66. The van der Waals surface area contributed by atoms with Crippen LogP contribution in [0.3, 0.4) is 0 Å². The molecule has 0 bridgehead atoms. The molecular formula is C27H41NO4. The fourth-order valence-electron chi connectivity index (χ4n) is 2.85. The number of carboxylic acid groups (broad SMARTS) is 2. The van der Waals surface area contributed by atoms with Gasteiger partial charge in [0.25, 0.3) is 0 Å². The molecule has 0 unspecified atom stereocenters. The van der Waals surface area contributed by atoms with Crippen molar-refractivity contribution in [2.45, 2.75) is 83.6 Å². The van der Waals surface area contributed by atoms with Crippen molar-refractivity contribution in [2.24, 2.45) is 5.73 Å². The Morgan fingerprint density at radius 3 is 2.00 bits per heavy atom. The van der Waals surface area contributed by atoms with E-state index in [9.17, 15) is 9.59 Å². The zero-order chi connectivity index (χ0) is 23.9. The summed E-state index contributed by atoms with van der Waals surface area (Å²) in [6, 6.07) is 8.54. The van der Waals surface area contributed by atoms with Crippen LogP contribution in [0.25, 0.3) is 0 Å². The molecule has 1 aromatic rings. The predicted octanol–water partition coefficient (Wildman–Crippen LogP) is 6.30. The van der Waals surface area contributed by atoms with Crippen LogP contribution in [0.2, 0.25) is 0 Å². The Morgan fingerprint density at radius 1 is 0.844 bits per heavy atom. The fraction of sp³-hybridized carbons (Fsp3) is 0.481. The maximum Gasteiger partial charge on any atom is 0.320 e. The van der Waals surface area contributed by atoms with Gasteiger partial charge in [0, 0.05) is 6.42 Å². The quantitative estimate of drug-likeness (QED) is 0.205. The lowest BCUT2D eigenvalue weighted by atomic mass is 10.1. The molecule has 0 aliphatic rings. The lowest BCUT2D eigenvalue weighted by molar-refractivity contribution is -0.139.